The molecule has 170 valence electrons. The Labute approximate surface area is 195 Å². The van der Waals surface area contributed by atoms with Gasteiger partial charge in [-0.15, -0.1) is 11.3 Å². The summed E-state index contributed by atoms with van der Waals surface area (Å²) in [6.07, 6.45) is 0. The summed E-state index contributed by atoms with van der Waals surface area (Å²) in [5.41, 5.74) is 1.41. The molecule has 0 atom stereocenters. The van der Waals surface area contributed by atoms with E-state index >= 15 is 0 Å². The van der Waals surface area contributed by atoms with Crippen LogP contribution in [0.5, 0.6) is 17.2 Å². The monoisotopic (exact) mass is 466 g/mol. The van der Waals surface area contributed by atoms with Gasteiger partial charge < -0.3 is 24.3 Å². The lowest BCUT2D eigenvalue weighted by Gasteiger charge is -2.09. The van der Waals surface area contributed by atoms with E-state index in [1.807, 2.05) is 12.1 Å². The Morgan fingerprint density at radius 1 is 1.03 bits per heavy atom. The molecule has 8 nitrogen and oxygen atoms in total. The summed E-state index contributed by atoms with van der Waals surface area (Å²) in [6.45, 7) is 1.58. The van der Waals surface area contributed by atoms with Crippen molar-refractivity contribution < 1.29 is 28.5 Å². The second-order valence-corrected chi connectivity index (χ2v) is 7.64. The molecule has 0 aliphatic heterocycles. The van der Waals surface area contributed by atoms with Gasteiger partial charge in [0.15, 0.2) is 18.1 Å². The summed E-state index contributed by atoms with van der Waals surface area (Å²) >= 11 is 1.19. The van der Waals surface area contributed by atoms with Gasteiger partial charge in [0.2, 0.25) is 0 Å². The number of nitrogens with zero attached hydrogens (tertiary/aromatic N) is 1. The molecular formula is C24H22N2O6S. The summed E-state index contributed by atoms with van der Waals surface area (Å²) in [6, 6.07) is 15.7. The van der Waals surface area contributed by atoms with Crippen LogP contribution in [0.4, 0.5) is 5.69 Å². The number of carbonyl (C=O) groups is 2. The molecule has 3 aromatic rings. The molecular weight excluding hydrogens is 444 g/mol. The molecule has 0 aliphatic carbocycles. The van der Waals surface area contributed by atoms with Crippen LogP contribution in [-0.2, 0) is 9.53 Å². The van der Waals surface area contributed by atoms with Crippen molar-refractivity contribution in [3.8, 4) is 33.8 Å². The van der Waals surface area contributed by atoms with Crippen molar-refractivity contribution in [3.05, 3.63) is 59.0 Å². The fourth-order valence-electron chi connectivity index (χ4n) is 2.98. The number of rotatable bonds is 9. The minimum absolute atomic E-state index is 0.198. The number of nitriles is 1. The highest BCUT2D eigenvalue weighted by Gasteiger charge is 2.21. The Hall–Kier alpha value is -4.03. The van der Waals surface area contributed by atoms with E-state index in [1.165, 1.54) is 18.4 Å². The Kier molecular flexibility index (Phi) is 7.89. The van der Waals surface area contributed by atoms with Gasteiger partial charge in [0.05, 0.1) is 32.1 Å². The first-order chi connectivity index (χ1) is 16.0. The molecule has 3 rings (SSSR count). The average molecular weight is 467 g/mol. The molecule has 0 saturated carbocycles. The second kappa shape index (κ2) is 11.0. The van der Waals surface area contributed by atoms with Crippen LogP contribution >= 0.6 is 11.3 Å². The molecule has 2 aromatic carbocycles. The number of hydrogen-bond acceptors (Lipinski definition) is 8. The smallest absolute Gasteiger partial charge is 0.350 e. The number of anilines is 1. The van der Waals surface area contributed by atoms with Crippen molar-refractivity contribution in [2.24, 2.45) is 0 Å². The van der Waals surface area contributed by atoms with E-state index in [0.717, 1.165) is 10.4 Å². The Bertz CT molecular complexity index is 1200. The number of hydrogen-bond donors (Lipinski definition) is 1. The SMILES string of the molecule is CCOC(=O)c1sc(-c2ccc(OC)c(OC)c2)cc1NC(=O)COc1ccccc1C#N. The van der Waals surface area contributed by atoms with Crippen molar-refractivity contribution in [2.75, 3.05) is 32.8 Å². The van der Waals surface area contributed by atoms with E-state index in [-0.39, 0.29) is 18.1 Å². The van der Waals surface area contributed by atoms with Gasteiger partial charge in [0.25, 0.3) is 5.91 Å². The third-order valence-electron chi connectivity index (χ3n) is 4.50. The standard InChI is InChI=1S/C24H22N2O6S/c1-4-31-24(28)23-17(26-22(27)14-32-18-8-6-5-7-16(18)13-25)12-21(33-23)15-9-10-19(29-2)20(11-15)30-3/h5-12H,4,14H2,1-3H3,(H,26,27). The third kappa shape index (κ3) is 5.61. The largest absolute Gasteiger partial charge is 0.493 e. The number of benzene rings is 2. The van der Waals surface area contributed by atoms with Crippen LogP contribution in [0.1, 0.15) is 22.2 Å². The van der Waals surface area contributed by atoms with Crippen molar-refractivity contribution in [2.45, 2.75) is 6.92 Å². The minimum atomic E-state index is -0.541. The van der Waals surface area contributed by atoms with Gasteiger partial charge in [-0.25, -0.2) is 4.79 Å². The summed E-state index contributed by atoms with van der Waals surface area (Å²) in [4.78, 5) is 26.0. The molecule has 0 fully saturated rings. The van der Waals surface area contributed by atoms with Crippen LogP contribution in [0.3, 0.4) is 0 Å². The molecule has 0 bridgehead atoms. The average Bonchev–Trinajstić information content (AvgIpc) is 3.26. The molecule has 1 N–H and O–H groups in total. The number of para-hydroxylation sites is 1. The molecule has 0 spiro atoms. The molecule has 9 heteroatoms. The molecule has 1 aromatic heterocycles. The van der Waals surface area contributed by atoms with E-state index in [4.69, 9.17) is 24.2 Å². The van der Waals surface area contributed by atoms with E-state index < -0.39 is 11.9 Å². The first-order valence-electron chi connectivity index (χ1n) is 9.95. The zero-order chi connectivity index (χ0) is 23.8. The van der Waals surface area contributed by atoms with Crippen LogP contribution in [0.25, 0.3) is 10.4 Å². The number of methoxy groups -OCH3 is 2. The summed E-state index contributed by atoms with van der Waals surface area (Å²) < 4.78 is 21.3. The van der Waals surface area contributed by atoms with E-state index in [0.29, 0.717) is 28.5 Å². The van der Waals surface area contributed by atoms with Gasteiger partial charge in [-0.3, -0.25) is 4.79 Å². The number of carbonyl (C=O) groups excluding carboxylic acids is 2. The van der Waals surface area contributed by atoms with Crippen LogP contribution in [0, 0.1) is 11.3 Å². The number of nitrogens with one attached hydrogen (secondary N) is 1. The van der Waals surface area contributed by atoms with Crippen molar-refractivity contribution in [1.29, 1.82) is 5.26 Å². The van der Waals surface area contributed by atoms with Crippen molar-refractivity contribution >= 4 is 28.9 Å². The summed E-state index contributed by atoms with van der Waals surface area (Å²) in [5.74, 6) is 0.394. The van der Waals surface area contributed by atoms with E-state index in [9.17, 15) is 9.59 Å². The normalized spacial score (nSPS) is 10.1. The van der Waals surface area contributed by atoms with Crippen molar-refractivity contribution in [3.63, 3.8) is 0 Å². The number of amides is 1. The maximum atomic E-state index is 12.5. The first kappa shape index (κ1) is 23.6. The molecule has 0 saturated heterocycles. The number of thiophene rings is 1. The predicted molar refractivity (Wildman–Crippen MR) is 124 cm³/mol. The maximum Gasteiger partial charge on any atom is 0.350 e. The lowest BCUT2D eigenvalue weighted by Crippen LogP contribution is -2.21. The Morgan fingerprint density at radius 3 is 2.48 bits per heavy atom. The van der Waals surface area contributed by atoms with E-state index in [1.54, 1.807) is 56.5 Å². The molecule has 1 heterocycles. The maximum absolute atomic E-state index is 12.5. The fourth-order valence-corrected chi connectivity index (χ4v) is 3.98. The van der Waals surface area contributed by atoms with Gasteiger partial charge in [-0.2, -0.15) is 5.26 Å². The van der Waals surface area contributed by atoms with Crippen molar-refractivity contribution in [1.82, 2.24) is 0 Å². The number of esters is 1. The molecule has 1 amide bonds. The summed E-state index contributed by atoms with van der Waals surface area (Å²) in [7, 11) is 3.09. The van der Waals surface area contributed by atoms with Gasteiger partial charge >= 0.3 is 5.97 Å². The quantitative estimate of drug-likeness (QED) is 0.463. The highest BCUT2D eigenvalue weighted by molar-refractivity contribution is 7.18. The Balaban J connectivity index is 1.84. The lowest BCUT2D eigenvalue weighted by molar-refractivity contribution is -0.118. The lowest BCUT2D eigenvalue weighted by atomic mass is 10.1. The molecule has 0 unspecified atom stereocenters. The van der Waals surface area contributed by atoms with Gasteiger partial charge in [0.1, 0.15) is 16.7 Å². The molecule has 33 heavy (non-hydrogen) atoms. The van der Waals surface area contributed by atoms with Gasteiger partial charge in [0, 0.05) is 4.88 Å². The van der Waals surface area contributed by atoms with Gasteiger partial charge in [-0.1, -0.05) is 12.1 Å². The topological polar surface area (TPSA) is 107 Å². The minimum Gasteiger partial charge on any atom is -0.493 e. The van der Waals surface area contributed by atoms with Crippen LogP contribution < -0.4 is 19.5 Å². The van der Waals surface area contributed by atoms with Crippen LogP contribution in [0.2, 0.25) is 0 Å². The van der Waals surface area contributed by atoms with Crippen LogP contribution in [0.15, 0.2) is 48.5 Å². The second-order valence-electron chi connectivity index (χ2n) is 6.59. The highest BCUT2D eigenvalue weighted by Crippen LogP contribution is 2.39. The summed E-state index contributed by atoms with van der Waals surface area (Å²) in [5, 5.41) is 11.9. The third-order valence-corrected chi connectivity index (χ3v) is 5.67. The molecule has 0 radical (unpaired) electrons. The zero-order valence-electron chi connectivity index (χ0n) is 18.3. The molecule has 0 aliphatic rings. The zero-order valence-corrected chi connectivity index (χ0v) is 19.2. The fraction of sp³-hybridized carbons (Fsp3) is 0.208. The first-order valence-corrected chi connectivity index (χ1v) is 10.8. The van der Waals surface area contributed by atoms with Gasteiger partial charge in [-0.05, 0) is 48.9 Å². The van der Waals surface area contributed by atoms with E-state index in [2.05, 4.69) is 5.32 Å². The predicted octanol–water partition coefficient (Wildman–Crippen LogP) is 4.50. The Morgan fingerprint density at radius 2 is 1.79 bits per heavy atom. The van der Waals surface area contributed by atoms with Crippen LogP contribution in [-0.4, -0.2) is 39.3 Å². The highest BCUT2D eigenvalue weighted by atomic mass is 32.1. The number of ether oxygens (including phenoxy) is 4.